The van der Waals surface area contributed by atoms with Crippen LogP contribution in [0.1, 0.15) is 40.1 Å². The Kier molecular flexibility index (Phi) is 6.18. The van der Waals surface area contributed by atoms with E-state index in [2.05, 4.69) is 10.4 Å². The third-order valence-corrected chi connectivity index (χ3v) is 7.30. The lowest BCUT2D eigenvalue weighted by atomic mass is 10.2. The Morgan fingerprint density at radius 2 is 1.79 bits per heavy atom. The third kappa shape index (κ3) is 4.25. The number of carbonyl (C=O) groups is 2. The van der Waals surface area contributed by atoms with Crippen molar-refractivity contribution in [2.45, 2.75) is 24.2 Å². The van der Waals surface area contributed by atoms with Crippen LogP contribution >= 0.6 is 23.2 Å². The molecule has 2 amide bonds. The number of carbonyl (C=O) groups excluding carboxylic acids is 2. The molecule has 1 saturated heterocycles. The number of hydrogen-bond donors (Lipinski definition) is 2. The molecule has 1 aliphatic rings. The zero-order valence-corrected chi connectivity index (χ0v) is 17.8. The molecular formula is C17H19Cl2N5O4S. The van der Waals surface area contributed by atoms with Gasteiger partial charge in [-0.2, -0.15) is 9.40 Å². The van der Waals surface area contributed by atoms with Gasteiger partial charge >= 0.3 is 0 Å². The van der Waals surface area contributed by atoms with E-state index in [1.54, 1.807) is 0 Å². The minimum Gasteiger partial charge on any atom is -0.364 e. The van der Waals surface area contributed by atoms with E-state index < -0.39 is 21.8 Å². The second-order valence-electron chi connectivity index (χ2n) is 6.58. The Labute approximate surface area is 177 Å². The average Bonchev–Trinajstić information content (AvgIpc) is 3.02. The molecule has 3 rings (SSSR count). The molecule has 3 N–H and O–H groups in total. The van der Waals surface area contributed by atoms with E-state index >= 15 is 0 Å². The molecule has 0 atom stereocenters. The van der Waals surface area contributed by atoms with Gasteiger partial charge in [0.15, 0.2) is 0 Å². The van der Waals surface area contributed by atoms with Gasteiger partial charge in [0.1, 0.15) is 10.6 Å². The second-order valence-corrected chi connectivity index (χ2v) is 9.30. The van der Waals surface area contributed by atoms with Crippen molar-refractivity contribution in [3.63, 3.8) is 0 Å². The van der Waals surface area contributed by atoms with Gasteiger partial charge in [-0.15, -0.1) is 0 Å². The number of benzene rings is 1. The molecule has 1 aromatic carbocycles. The third-order valence-electron chi connectivity index (χ3n) is 4.62. The van der Waals surface area contributed by atoms with Crippen molar-refractivity contribution in [3.05, 3.63) is 39.6 Å². The summed E-state index contributed by atoms with van der Waals surface area (Å²) in [5.41, 5.74) is 5.27. The van der Waals surface area contributed by atoms with Crippen molar-refractivity contribution in [2.24, 2.45) is 12.8 Å². The lowest BCUT2D eigenvalue weighted by Gasteiger charge is -2.26. The first-order valence-electron chi connectivity index (χ1n) is 8.75. The van der Waals surface area contributed by atoms with E-state index in [0.717, 1.165) is 25.3 Å². The number of amides is 2. The molecule has 2 aromatic rings. The molecule has 156 valence electrons. The van der Waals surface area contributed by atoms with Crippen LogP contribution < -0.4 is 11.1 Å². The average molecular weight is 460 g/mol. The predicted octanol–water partition coefficient (Wildman–Crippen LogP) is 2.25. The van der Waals surface area contributed by atoms with Gasteiger partial charge in [-0.05, 0) is 25.0 Å². The van der Waals surface area contributed by atoms with Crippen molar-refractivity contribution in [2.75, 3.05) is 18.4 Å². The summed E-state index contributed by atoms with van der Waals surface area (Å²) >= 11 is 12.3. The Hall–Kier alpha value is -2.14. The molecule has 0 bridgehead atoms. The lowest BCUT2D eigenvalue weighted by Crippen LogP contribution is -2.35. The second kappa shape index (κ2) is 8.31. The maximum absolute atomic E-state index is 13.0. The lowest BCUT2D eigenvalue weighted by molar-refractivity contribution is 0.0992. The topological polar surface area (TPSA) is 127 Å². The Bertz CT molecular complexity index is 1080. The number of nitrogens with one attached hydrogen (secondary N) is 1. The molecule has 12 heteroatoms. The van der Waals surface area contributed by atoms with Crippen LogP contribution in [0.2, 0.25) is 10.0 Å². The first-order chi connectivity index (χ1) is 13.6. The molecule has 1 fully saturated rings. The minimum atomic E-state index is -3.88. The van der Waals surface area contributed by atoms with Crippen molar-refractivity contribution in [1.29, 1.82) is 0 Å². The zero-order valence-electron chi connectivity index (χ0n) is 15.5. The largest absolute Gasteiger partial charge is 0.364 e. The van der Waals surface area contributed by atoms with Crippen LogP contribution in [0.25, 0.3) is 0 Å². The van der Waals surface area contributed by atoms with Crippen LogP contribution in [-0.2, 0) is 17.1 Å². The van der Waals surface area contributed by atoms with Crippen LogP contribution in [0.5, 0.6) is 0 Å². The van der Waals surface area contributed by atoms with Gasteiger partial charge in [0, 0.05) is 20.1 Å². The molecule has 2 heterocycles. The van der Waals surface area contributed by atoms with E-state index in [0.29, 0.717) is 13.1 Å². The van der Waals surface area contributed by atoms with Crippen molar-refractivity contribution < 1.29 is 18.0 Å². The van der Waals surface area contributed by atoms with Gasteiger partial charge in [0.2, 0.25) is 10.0 Å². The van der Waals surface area contributed by atoms with Gasteiger partial charge in [0.25, 0.3) is 11.8 Å². The van der Waals surface area contributed by atoms with E-state index in [1.165, 1.54) is 28.3 Å². The van der Waals surface area contributed by atoms with Crippen molar-refractivity contribution >= 4 is 50.7 Å². The summed E-state index contributed by atoms with van der Waals surface area (Å²) in [5.74, 6) is -1.51. The number of primary amides is 1. The number of hydrogen-bond acceptors (Lipinski definition) is 5. The summed E-state index contributed by atoms with van der Waals surface area (Å²) in [6, 6.07) is 2.36. The standard InChI is InChI=1S/C17H19Cl2N5O4S/c1-23-15(16(20)25)13(9-21-23)22-17(26)10-7-14(12(19)8-11(10)18)29(27,28)24-5-3-2-4-6-24/h7-9H,2-6H2,1H3,(H2,20,25)(H,22,26). The first kappa shape index (κ1) is 21.6. The molecule has 0 radical (unpaired) electrons. The highest BCUT2D eigenvalue weighted by Crippen LogP contribution is 2.32. The summed E-state index contributed by atoms with van der Waals surface area (Å²) in [6.07, 6.45) is 3.73. The van der Waals surface area contributed by atoms with Gasteiger partial charge in [-0.25, -0.2) is 8.42 Å². The minimum absolute atomic E-state index is 0.00963. The van der Waals surface area contributed by atoms with E-state index in [9.17, 15) is 18.0 Å². The van der Waals surface area contributed by atoms with E-state index in [1.807, 2.05) is 0 Å². The Balaban J connectivity index is 1.97. The summed E-state index contributed by atoms with van der Waals surface area (Å²) in [4.78, 5) is 24.1. The fraction of sp³-hybridized carbons (Fsp3) is 0.353. The van der Waals surface area contributed by atoms with Gasteiger partial charge in [-0.1, -0.05) is 29.6 Å². The van der Waals surface area contributed by atoms with Crippen LogP contribution in [0.4, 0.5) is 5.69 Å². The number of aryl methyl sites for hydroxylation is 1. The monoisotopic (exact) mass is 459 g/mol. The quantitative estimate of drug-likeness (QED) is 0.708. The van der Waals surface area contributed by atoms with E-state index in [4.69, 9.17) is 28.9 Å². The van der Waals surface area contributed by atoms with Gasteiger partial charge in [-0.3, -0.25) is 14.3 Å². The highest BCUT2D eigenvalue weighted by molar-refractivity contribution is 7.89. The molecule has 1 aromatic heterocycles. The number of anilines is 1. The molecule has 29 heavy (non-hydrogen) atoms. The summed E-state index contributed by atoms with van der Waals surface area (Å²) in [6.45, 7) is 0.779. The van der Waals surface area contributed by atoms with Crippen molar-refractivity contribution in [3.8, 4) is 0 Å². The maximum Gasteiger partial charge on any atom is 0.269 e. The fourth-order valence-electron chi connectivity index (χ4n) is 3.16. The van der Waals surface area contributed by atoms with Crippen LogP contribution in [0, 0.1) is 0 Å². The fourth-order valence-corrected chi connectivity index (χ4v) is 5.51. The maximum atomic E-state index is 13.0. The van der Waals surface area contributed by atoms with Crippen LogP contribution in [0.15, 0.2) is 23.2 Å². The highest BCUT2D eigenvalue weighted by atomic mass is 35.5. The number of aromatic nitrogens is 2. The molecule has 0 saturated carbocycles. The van der Waals surface area contributed by atoms with Gasteiger partial charge < -0.3 is 11.1 Å². The SMILES string of the molecule is Cn1ncc(NC(=O)c2cc(S(=O)(=O)N3CCCCC3)c(Cl)cc2Cl)c1C(N)=O. The molecule has 1 aliphatic heterocycles. The number of piperidine rings is 1. The van der Waals surface area contributed by atoms with Crippen LogP contribution in [0.3, 0.4) is 0 Å². The molecule has 0 spiro atoms. The Morgan fingerprint density at radius 3 is 2.41 bits per heavy atom. The van der Waals surface area contributed by atoms with Gasteiger partial charge in [0.05, 0.1) is 27.5 Å². The number of nitrogens with zero attached hydrogens (tertiary/aromatic N) is 3. The Morgan fingerprint density at radius 1 is 1.14 bits per heavy atom. The highest BCUT2D eigenvalue weighted by Gasteiger charge is 2.30. The number of halogens is 2. The first-order valence-corrected chi connectivity index (χ1v) is 10.9. The predicted molar refractivity (Wildman–Crippen MR) is 109 cm³/mol. The number of sulfonamides is 1. The smallest absolute Gasteiger partial charge is 0.269 e. The van der Waals surface area contributed by atoms with Crippen LogP contribution in [-0.4, -0.2) is 47.4 Å². The van der Waals surface area contributed by atoms with Crippen molar-refractivity contribution in [1.82, 2.24) is 14.1 Å². The number of nitrogens with two attached hydrogens (primary N) is 1. The summed E-state index contributed by atoms with van der Waals surface area (Å²) < 4.78 is 28.5. The molecule has 9 nitrogen and oxygen atoms in total. The summed E-state index contributed by atoms with van der Waals surface area (Å²) in [7, 11) is -2.39. The van der Waals surface area contributed by atoms with E-state index in [-0.39, 0.29) is 31.9 Å². The molecular weight excluding hydrogens is 441 g/mol. The normalized spacial score (nSPS) is 15.3. The molecule has 0 aliphatic carbocycles. The number of rotatable bonds is 5. The molecule has 0 unspecified atom stereocenters. The zero-order chi connectivity index (χ0) is 21.3. The summed E-state index contributed by atoms with van der Waals surface area (Å²) in [5, 5.41) is 6.27.